The van der Waals surface area contributed by atoms with Gasteiger partial charge in [0.15, 0.2) is 0 Å². The van der Waals surface area contributed by atoms with Gasteiger partial charge in [-0.05, 0) is 38.0 Å². The monoisotopic (exact) mass is 218 g/mol. The van der Waals surface area contributed by atoms with Gasteiger partial charge >= 0.3 is 0 Å². The summed E-state index contributed by atoms with van der Waals surface area (Å²) in [5, 5.41) is 0. The molecule has 0 heterocycles. The van der Waals surface area contributed by atoms with Gasteiger partial charge in [0.1, 0.15) is 11.5 Å². The number of methoxy groups -OCH3 is 1. The van der Waals surface area contributed by atoms with E-state index in [0.717, 1.165) is 11.3 Å². The predicted octanol–water partition coefficient (Wildman–Crippen LogP) is 3.02. The number of carbonyl (C=O) groups excluding carboxylic acids is 1. The topological polar surface area (TPSA) is 26.3 Å². The van der Waals surface area contributed by atoms with Gasteiger partial charge in [-0.2, -0.15) is 0 Å². The molecule has 0 fully saturated rings. The van der Waals surface area contributed by atoms with Gasteiger partial charge in [0.2, 0.25) is 0 Å². The molecule has 0 aliphatic carbocycles. The number of hydrogen-bond acceptors (Lipinski definition) is 2. The number of ether oxygens (including phenoxy) is 1. The molecule has 1 atom stereocenters. The highest BCUT2D eigenvalue weighted by molar-refractivity contribution is 5.84. The molecule has 0 bridgehead atoms. The number of rotatable bonds is 5. The Labute approximate surface area is 96.9 Å². The van der Waals surface area contributed by atoms with Crippen LogP contribution in [0, 0.1) is 5.41 Å². The molecule has 1 rings (SSSR count). The average Bonchev–Trinajstić information content (AvgIpc) is 2.29. The maximum absolute atomic E-state index is 11.5. The van der Waals surface area contributed by atoms with Crippen molar-refractivity contribution in [1.82, 2.24) is 0 Å². The number of ketones is 1. The Morgan fingerprint density at radius 2 is 2.00 bits per heavy atom. The number of allylic oxidation sites excluding steroid dienone is 1. The highest BCUT2D eigenvalue weighted by Crippen LogP contribution is 2.25. The molecule has 0 N–H and O–H groups in total. The molecule has 16 heavy (non-hydrogen) atoms. The lowest BCUT2D eigenvalue weighted by molar-refractivity contribution is -0.123. The van der Waals surface area contributed by atoms with E-state index in [-0.39, 0.29) is 5.78 Å². The van der Waals surface area contributed by atoms with Crippen LogP contribution >= 0.6 is 0 Å². The third-order valence-corrected chi connectivity index (χ3v) is 2.99. The maximum Gasteiger partial charge on any atom is 0.139 e. The number of carbonyl (C=O) groups is 1. The molecule has 0 saturated carbocycles. The second-order valence-corrected chi connectivity index (χ2v) is 4.20. The molecular formula is C14H18O2. The lowest BCUT2D eigenvalue weighted by Crippen LogP contribution is -2.25. The van der Waals surface area contributed by atoms with E-state index >= 15 is 0 Å². The lowest BCUT2D eigenvalue weighted by Gasteiger charge is -2.22. The predicted molar refractivity (Wildman–Crippen MR) is 65.7 cm³/mol. The molecule has 0 aliphatic rings. The van der Waals surface area contributed by atoms with Crippen molar-refractivity contribution in [3.63, 3.8) is 0 Å². The van der Waals surface area contributed by atoms with Gasteiger partial charge in [0.25, 0.3) is 0 Å². The second-order valence-electron chi connectivity index (χ2n) is 4.20. The zero-order valence-electron chi connectivity index (χ0n) is 10.1. The maximum atomic E-state index is 11.5. The minimum absolute atomic E-state index is 0.137. The van der Waals surface area contributed by atoms with Crippen LogP contribution in [0.3, 0.4) is 0 Å². The highest BCUT2D eigenvalue weighted by Gasteiger charge is 2.26. The Kier molecular flexibility index (Phi) is 3.88. The number of benzene rings is 1. The SMILES string of the molecule is C=CC(C)(Cc1ccc(OC)cc1)C(C)=O. The summed E-state index contributed by atoms with van der Waals surface area (Å²) in [5.74, 6) is 0.963. The van der Waals surface area contributed by atoms with Gasteiger partial charge in [-0.25, -0.2) is 0 Å². The fourth-order valence-electron chi connectivity index (χ4n) is 1.51. The first kappa shape index (κ1) is 12.5. The van der Waals surface area contributed by atoms with Gasteiger partial charge in [0, 0.05) is 5.41 Å². The minimum Gasteiger partial charge on any atom is -0.497 e. The summed E-state index contributed by atoms with van der Waals surface area (Å²) < 4.78 is 5.09. The Balaban J connectivity index is 2.86. The van der Waals surface area contributed by atoms with Gasteiger partial charge < -0.3 is 4.74 Å². The van der Waals surface area contributed by atoms with Crippen LogP contribution in [0.2, 0.25) is 0 Å². The van der Waals surface area contributed by atoms with Crippen LogP contribution < -0.4 is 4.74 Å². The fraction of sp³-hybridized carbons (Fsp3) is 0.357. The quantitative estimate of drug-likeness (QED) is 0.710. The molecule has 0 saturated heterocycles. The van der Waals surface area contributed by atoms with Crippen LogP contribution in [0.15, 0.2) is 36.9 Å². The van der Waals surface area contributed by atoms with Crippen LogP contribution in [-0.4, -0.2) is 12.9 Å². The van der Waals surface area contributed by atoms with Gasteiger partial charge in [-0.15, -0.1) is 6.58 Å². The van der Waals surface area contributed by atoms with E-state index < -0.39 is 5.41 Å². The Morgan fingerprint density at radius 3 is 2.38 bits per heavy atom. The molecule has 0 radical (unpaired) electrons. The molecule has 2 heteroatoms. The zero-order valence-corrected chi connectivity index (χ0v) is 10.1. The van der Waals surface area contributed by atoms with Gasteiger partial charge in [-0.1, -0.05) is 18.2 Å². The third-order valence-electron chi connectivity index (χ3n) is 2.99. The van der Waals surface area contributed by atoms with Crippen molar-refractivity contribution >= 4 is 5.78 Å². The summed E-state index contributed by atoms with van der Waals surface area (Å²) >= 11 is 0. The summed E-state index contributed by atoms with van der Waals surface area (Å²) in [5.41, 5.74) is 0.632. The van der Waals surface area contributed by atoms with E-state index in [1.54, 1.807) is 20.1 Å². The molecule has 86 valence electrons. The summed E-state index contributed by atoms with van der Waals surface area (Å²) in [4.78, 5) is 11.5. The molecule has 1 aromatic carbocycles. The molecule has 0 aliphatic heterocycles. The minimum atomic E-state index is -0.478. The van der Waals surface area contributed by atoms with Crippen molar-refractivity contribution in [3.8, 4) is 5.75 Å². The Morgan fingerprint density at radius 1 is 1.44 bits per heavy atom. The molecular weight excluding hydrogens is 200 g/mol. The van der Waals surface area contributed by atoms with Crippen molar-refractivity contribution in [2.75, 3.05) is 7.11 Å². The van der Waals surface area contributed by atoms with E-state index in [1.807, 2.05) is 31.2 Å². The summed E-state index contributed by atoms with van der Waals surface area (Å²) in [6, 6.07) is 7.75. The first-order valence-electron chi connectivity index (χ1n) is 5.29. The molecule has 1 aromatic rings. The fourth-order valence-corrected chi connectivity index (χ4v) is 1.51. The van der Waals surface area contributed by atoms with Gasteiger partial charge in [-0.3, -0.25) is 4.79 Å². The summed E-state index contributed by atoms with van der Waals surface area (Å²) in [7, 11) is 1.64. The largest absolute Gasteiger partial charge is 0.497 e. The van der Waals surface area contributed by atoms with Crippen molar-refractivity contribution < 1.29 is 9.53 Å². The number of hydrogen-bond donors (Lipinski definition) is 0. The number of Topliss-reactive ketones (excluding diaryl/α,β-unsaturated/α-hetero) is 1. The Bertz CT molecular complexity index is 378. The van der Waals surface area contributed by atoms with E-state index in [9.17, 15) is 4.79 Å². The first-order valence-corrected chi connectivity index (χ1v) is 5.29. The normalized spacial score (nSPS) is 13.9. The van der Waals surface area contributed by atoms with E-state index in [0.29, 0.717) is 6.42 Å². The van der Waals surface area contributed by atoms with E-state index in [1.165, 1.54) is 0 Å². The van der Waals surface area contributed by atoms with Crippen LogP contribution in [0.25, 0.3) is 0 Å². The second kappa shape index (κ2) is 4.97. The summed E-state index contributed by atoms with van der Waals surface area (Å²) in [6.07, 6.45) is 2.40. The molecule has 1 unspecified atom stereocenters. The molecule has 2 nitrogen and oxygen atoms in total. The van der Waals surface area contributed by atoms with Crippen LogP contribution in [-0.2, 0) is 11.2 Å². The van der Waals surface area contributed by atoms with E-state index in [2.05, 4.69) is 6.58 Å². The van der Waals surface area contributed by atoms with Crippen molar-refractivity contribution in [3.05, 3.63) is 42.5 Å². The van der Waals surface area contributed by atoms with Crippen LogP contribution in [0.1, 0.15) is 19.4 Å². The van der Waals surface area contributed by atoms with Crippen LogP contribution in [0.5, 0.6) is 5.75 Å². The average molecular weight is 218 g/mol. The van der Waals surface area contributed by atoms with Gasteiger partial charge in [0.05, 0.1) is 7.11 Å². The lowest BCUT2D eigenvalue weighted by atomic mass is 9.80. The van der Waals surface area contributed by atoms with Crippen molar-refractivity contribution in [2.24, 2.45) is 5.41 Å². The third kappa shape index (κ3) is 2.72. The first-order chi connectivity index (χ1) is 7.51. The molecule has 0 spiro atoms. The Hall–Kier alpha value is -1.57. The van der Waals surface area contributed by atoms with Crippen molar-refractivity contribution in [2.45, 2.75) is 20.3 Å². The molecule has 0 aromatic heterocycles. The highest BCUT2D eigenvalue weighted by atomic mass is 16.5. The standard InChI is InChI=1S/C14H18O2/c1-5-14(3,11(2)15)10-12-6-8-13(16-4)9-7-12/h5-9H,1,10H2,2-4H3. The zero-order chi connectivity index (χ0) is 12.2. The van der Waals surface area contributed by atoms with Crippen LogP contribution in [0.4, 0.5) is 0 Å². The van der Waals surface area contributed by atoms with Crippen molar-refractivity contribution in [1.29, 1.82) is 0 Å². The smallest absolute Gasteiger partial charge is 0.139 e. The van der Waals surface area contributed by atoms with E-state index in [4.69, 9.17) is 4.74 Å². The summed E-state index contributed by atoms with van der Waals surface area (Å²) in [6.45, 7) is 7.25. The molecule has 0 amide bonds.